The first-order chi connectivity index (χ1) is 8.60. The highest BCUT2D eigenvalue weighted by molar-refractivity contribution is 7.11. The van der Waals surface area contributed by atoms with Crippen molar-refractivity contribution >= 4 is 22.9 Å². The molecular formula is C14H15ClFNS. The Kier molecular flexibility index (Phi) is 4.36. The Morgan fingerprint density at radius 3 is 2.72 bits per heavy atom. The van der Waals surface area contributed by atoms with E-state index in [4.69, 9.17) is 11.6 Å². The number of hydrogen-bond donors (Lipinski definition) is 0. The minimum absolute atomic E-state index is 0.118. The summed E-state index contributed by atoms with van der Waals surface area (Å²) in [6.45, 7) is 4.07. The molecule has 0 aliphatic heterocycles. The molecule has 0 bridgehead atoms. The summed E-state index contributed by atoms with van der Waals surface area (Å²) >= 11 is 7.70. The molecule has 0 saturated carbocycles. The van der Waals surface area contributed by atoms with Crippen molar-refractivity contribution < 1.29 is 4.39 Å². The van der Waals surface area contributed by atoms with Gasteiger partial charge in [-0.05, 0) is 31.5 Å². The Morgan fingerprint density at radius 2 is 2.17 bits per heavy atom. The van der Waals surface area contributed by atoms with Crippen LogP contribution in [0.5, 0.6) is 0 Å². The highest BCUT2D eigenvalue weighted by Gasteiger charge is 2.15. The summed E-state index contributed by atoms with van der Waals surface area (Å²) in [4.78, 5) is 5.75. The van der Waals surface area contributed by atoms with E-state index in [1.807, 2.05) is 13.0 Å². The topological polar surface area (TPSA) is 12.9 Å². The molecule has 18 heavy (non-hydrogen) atoms. The number of nitrogens with zero attached hydrogens (tertiary/aromatic N) is 1. The molecule has 2 aromatic rings. The van der Waals surface area contributed by atoms with Crippen LogP contribution in [0.25, 0.3) is 0 Å². The Bertz CT molecular complexity index is 519. The summed E-state index contributed by atoms with van der Waals surface area (Å²) in [7, 11) is 0. The van der Waals surface area contributed by atoms with Gasteiger partial charge < -0.3 is 0 Å². The van der Waals surface area contributed by atoms with Crippen LogP contribution in [0.15, 0.2) is 24.3 Å². The molecule has 0 aliphatic rings. The molecule has 0 saturated heterocycles. The van der Waals surface area contributed by atoms with Crippen molar-refractivity contribution in [1.82, 2.24) is 4.98 Å². The molecule has 1 heterocycles. The van der Waals surface area contributed by atoms with Gasteiger partial charge in [-0.15, -0.1) is 22.9 Å². The van der Waals surface area contributed by atoms with Gasteiger partial charge in [0.05, 0.1) is 10.7 Å². The molecule has 1 unspecified atom stereocenters. The van der Waals surface area contributed by atoms with Gasteiger partial charge in [-0.3, -0.25) is 0 Å². The van der Waals surface area contributed by atoms with Crippen LogP contribution in [0.2, 0.25) is 0 Å². The fourth-order valence-corrected chi connectivity index (χ4v) is 3.16. The highest BCUT2D eigenvalue weighted by atomic mass is 35.5. The quantitative estimate of drug-likeness (QED) is 0.755. The van der Waals surface area contributed by atoms with Gasteiger partial charge in [0, 0.05) is 23.1 Å². The van der Waals surface area contributed by atoms with E-state index in [0.717, 1.165) is 22.7 Å². The van der Waals surface area contributed by atoms with E-state index in [2.05, 4.69) is 11.9 Å². The molecule has 1 aromatic heterocycles. The van der Waals surface area contributed by atoms with Crippen molar-refractivity contribution in [3.8, 4) is 0 Å². The maximum atomic E-state index is 13.2. The lowest BCUT2D eigenvalue weighted by Gasteiger charge is -2.12. The van der Waals surface area contributed by atoms with E-state index in [1.165, 1.54) is 10.9 Å². The number of halogens is 2. The van der Waals surface area contributed by atoms with Crippen molar-refractivity contribution in [2.75, 3.05) is 5.88 Å². The Morgan fingerprint density at radius 1 is 1.39 bits per heavy atom. The van der Waals surface area contributed by atoms with E-state index >= 15 is 0 Å². The van der Waals surface area contributed by atoms with E-state index < -0.39 is 0 Å². The zero-order valence-corrected chi connectivity index (χ0v) is 12.0. The van der Waals surface area contributed by atoms with Gasteiger partial charge in [0.2, 0.25) is 0 Å². The van der Waals surface area contributed by atoms with Crippen LogP contribution in [-0.4, -0.2) is 10.9 Å². The monoisotopic (exact) mass is 283 g/mol. The van der Waals surface area contributed by atoms with Gasteiger partial charge in [-0.1, -0.05) is 12.1 Å². The van der Waals surface area contributed by atoms with Crippen molar-refractivity contribution in [1.29, 1.82) is 0 Å². The molecule has 0 fully saturated rings. The van der Waals surface area contributed by atoms with E-state index in [-0.39, 0.29) is 11.7 Å². The highest BCUT2D eigenvalue weighted by Crippen LogP contribution is 2.26. The molecule has 0 radical (unpaired) electrons. The molecule has 4 heteroatoms. The number of aromatic nitrogens is 1. The summed E-state index contributed by atoms with van der Waals surface area (Å²) < 4.78 is 13.2. The third-order valence-electron chi connectivity index (χ3n) is 3.00. The second-order valence-corrected chi connectivity index (χ2v) is 5.96. The van der Waals surface area contributed by atoms with E-state index in [0.29, 0.717) is 5.88 Å². The van der Waals surface area contributed by atoms with Crippen LogP contribution in [0.4, 0.5) is 4.39 Å². The summed E-state index contributed by atoms with van der Waals surface area (Å²) in [5, 5.41) is 1.07. The Balaban J connectivity index is 2.19. The lowest BCUT2D eigenvalue weighted by molar-refractivity contribution is 0.621. The summed E-state index contributed by atoms with van der Waals surface area (Å²) in [5.41, 5.74) is 2.01. The second-order valence-electron chi connectivity index (χ2n) is 4.36. The third kappa shape index (κ3) is 3.09. The third-order valence-corrected chi connectivity index (χ3v) is 4.47. The molecule has 0 aliphatic carbocycles. The number of alkyl halides is 1. The summed E-state index contributed by atoms with van der Waals surface area (Å²) in [5.74, 6) is 0.377. The molecule has 1 nitrogen and oxygen atoms in total. The standard InChI is InChI=1S/C14H15ClFNS/c1-9-10(2)18-14(17-9)7-12(8-15)11-4-3-5-13(16)6-11/h3-6,12H,7-8H2,1-2H3. The predicted molar refractivity (Wildman–Crippen MR) is 75.2 cm³/mol. The van der Waals surface area contributed by atoms with Gasteiger partial charge in [0.25, 0.3) is 0 Å². The van der Waals surface area contributed by atoms with E-state index in [9.17, 15) is 4.39 Å². The first-order valence-electron chi connectivity index (χ1n) is 5.84. The number of aryl methyl sites for hydroxylation is 2. The average Bonchev–Trinajstić information content (AvgIpc) is 2.65. The lowest BCUT2D eigenvalue weighted by atomic mass is 9.98. The van der Waals surface area contributed by atoms with Crippen molar-refractivity contribution in [2.24, 2.45) is 0 Å². The van der Waals surface area contributed by atoms with Gasteiger partial charge in [0.1, 0.15) is 5.82 Å². The second kappa shape index (κ2) is 5.81. The first-order valence-corrected chi connectivity index (χ1v) is 7.19. The maximum absolute atomic E-state index is 13.2. The van der Waals surface area contributed by atoms with Crippen LogP contribution in [-0.2, 0) is 6.42 Å². The van der Waals surface area contributed by atoms with Crippen LogP contribution in [0, 0.1) is 19.7 Å². The van der Waals surface area contributed by atoms with Crippen molar-refractivity contribution in [2.45, 2.75) is 26.2 Å². The smallest absolute Gasteiger partial charge is 0.123 e. The van der Waals surface area contributed by atoms with Gasteiger partial charge in [0.15, 0.2) is 0 Å². The summed E-state index contributed by atoms with van der Waals surface area (Å²) in [6.07, 6.45) is 0.770. The molecule has 0 spiro atoms. The molecule has 1 atom stereocenters. The normalized spacial score (nSPS) is 12.7. The van der Waals surface area contributed by atoms with Gasteiger partial charge >= 0.3 is 0 Å². The minimum atomic E-state index is -0.214. The fourth-order valence-electron chi connectivity index (χ4n) is 1.86. The largest absolute Gasteiger partial charge is 0.246 e. The van der Waals surface area contributed by atoms with Crippen LogP contribution < -0.4 is 0 Å². The van der Waals surface area contributed by atoms with Crippen molar-refractivity contribution in [3.63, 3.8) is 0 Å². The number of rotatable bonds is 4. The van der Waals surface area contributed by atoms with Crippen LogP contribution in [0.3, 0.4) is 0 Å². The lowest BCUT2D eigenvalue weighted by Crippen LogP contribution is -2.05. The van der Waals surface area contributed by atoms with Crippen LogP contribution >= 0.6 is 22.9 Å². The fraction of sp³-hybridized carbons (Fsp3) is 0.357. The minimum Gasteiger partial charge on any atom is -0.246 e. The SMILES string of the molecule is Cc1nc(CC(CCl)c2cccc(F)c2)sc1C. The zero-order valence-electron chi connectivity index (χ0n) is 10.4. The average molecular weight is 284 g/mol. The van der Waals surface area contributed by atoms with Crippen LogP contribution in [0.1, 0.15) is 27.1 Å². The molecule has 1 aromatic carbocycles. The summed E-state index contributed by atoms with van der Waals surface area (Å²) in [6, 6.07) is 6.65. The Labute approximate surface area is 116 Å². The first kappa shape index (κ1) is 13.5. The van der Waals surface area contributed by atoms with Gasteiger partial charge in [-0.2, -0.15) is 0 Å². The molecule has 0 N–H and O–H groups in total. The number of hydrogen-bond acceptors (Lipinski definition) is 2. The Hall–Kier alpha value is -0.930. The molecule has 0 amide bonds. The predicted octanol–water partition coefficient (Wildman–Crippen LogP) is 4.46. The maximum Gasteiger partial charge on any atom is 0.123 e. The van der Waals surface area contributed by atoms with Gasteiger partial charge in [-0.25, -0.2) is 9.37 Å². The zero-order chi connectivity index (χ0) is 13.1. The van der Waals surface area contributed by atoms with Crippen molar-refractivity contribution in [3.05, 3.63) is 51.2 Å². The number of benzene rings is 1. The molecule has 2 rings (SSSR count). The number of thiazole rings is 1. The molecule has 96 valence electrons. The van der Waals surface area contributed by atoms with E-state index in [1.54, 1.807) is 23.5 Å². The molecular weight excluding hydrogens is 269 g/mol.